The Morgan fingerprint density at radius 2 is 2.00 bits per heavy atom. The second-order valence-electron chi connectivity index (χ2n) is 5.33. The summed E-state index contributed by atoms with van der Waals surface area (Å²) in [7, 11) is 0. The van der Waals surface area contributed by atoms with E-state index in [1.807, 2.05) is 0 Å². The molecule has 2 saturated heterocycles. The fourth-order valence-electron chi connectivity index (χ4n) is 2.55. The lowest BCUT2D eigenvalue weighted by molar-refractivity contribution is -0.194. The summed E-state index contributed by atoms with van der Waals surface area (Å²) in [5, 5.41) is 19.6. The number of rotatable bonds is 0. The number of likely N-dealkylation sites (tertiary alicyclic amines) is 1. The summed E-state index contributed by atoms with van der Waals surface area (Å²) in [6, 6.07) is -0.262. The fourth-order valence-corrected chi connectivity index (χ4v) is 2.55. The molecule has 4 heteroatoms. The Morgan fingerprint density at radius 3 is 2.57 bits per heavy atom. The second-order valence-corrected chi connectivity index (χ2v) is 5.33. The number of hydrogen-bond donors (Lipinski definition) is 2. The largest absolute Gasteiger partial charge is 0.371 e. The van der Waals surface area contributed by atoms with Gasteiger partial charge in [-0.05, 0) is 27.2 Å². The van der Waals surface area contributed by atoms with Crippen LogP contribution in [-0.2, 0) is 4.74 Å². The predicted octanol–water partition coefficient (Wildman–Crippen LogP) is -0.0611. The molecule has 14 heavy (non-hydrogen) atoms. The average molecular weight is 201 g/mol. The van der Waals surface area contributed by atoms with Crippen LogP contribution in [-0.4, -0.2) is 51.7 Å². The van der Waals surface area contributed by atoms with Gasteiger partial charge >= 0.3 is 0 Å². The van der Waals surface area contributed by atoms with Crippen LogP contribution in [0.25, 0.3) is 0 Å². The number of ether oxygens (including phenoxy) is 1. The maximum Gasteiger partial charge on any atom is 0.205 e. The minimum Gasteiger partial charge on any atom is -0.371 e. The van der Waals surface area contributed by atoms with Crippen LogP contribution in [0.2, 0.25) is 0 Å². The zero-order valence-corrected chi connectivity index (χ0v) is 9.03. The molecule has 2 aliphatic heterocycles. The molecule has 0 bridgehead atoms. The zero-order chi connectivity index (χ0) is 10.6. The SMILES string of the molecule is CC(C)(C)N1CC[C@H]2OCC(O)(O)[C@H]21. The summed E-state index contributed by atoms with van der Waals surface area (Å²) in [5.74, 6) is -1.67. The van der Waals surface area contributed by atoms with Gasteiger partial charge in [-0.15, -0.1) is 0 Å². The van der Waals surface area contributed by atoms with Gasteiger partial charge in [0.05, 0.1) is 12.1 Å². The smallest absolute Gasteiger partial charge is 0.205 e. The first-order valence-corrected chi connectivity index (χ1v) is 5.15. The van der Waals surface area contributed by atoms with Gasteiger partial charge in [0.25, 0.3) is 0 Å². The van der Waals surface area contributed by atoms with Crippen LogP contribution in [0.1, 0.15) is 27.2 Å². The maximum atomic E-state index is 9.79. The highest BCUT2D eigenvalue weighted by Gasteiger charge is 2.55. The van der Waals surface area contributed by atoms with Gasteiger partial charge in [0, 0.05) is 12.1 Å². The summed E-state index contributed by atoms with van der Waals surface area (Å²) in [4.78, 5) is 2.13. The van der Waals surface area contributed by atoms with Gasteiger partial charge in [-0.2, -0.15) is 0 Å². The highest BCUT2D eigenvalue weighted by atomic mass is 16.6. The Bertz CT molecular complexity index is 234. The molecular formula is C10H19NO3. The molecule has 2 atom stereocenters. The lowest BCUT2D eigenvalue weighted by atomic mass is 10.00. The molecule has 82 valence electrons. The summed E-state index contributed by atoms with van der Waals surface area (Å²) in [6.07, 6.45) is 0.884. The van der Waals surface area contributed by atoms with Gasteiger partial charge in [-0.3, -0.25) is 4.90 Å². The number of nitrogens with zero attached hydrogens (tertiary/aromatic N) is 1. The Labute approximate surface area is 84.5 Å². The van der Waals surface area contributed by atoms with E-state index in [-0.39, 0.29) is 24.3 Å². The molecule has 0 aromatic heterocycles. The minimum absolute atomic E-state index is 0.00998. The molecule has 2 N–H and O–H groups in total. The van der Waals surface area contributed by atoms with Crippen LogP contribution >= 0.6 is 0 Å². The quantitative estimate of drug-likeness (QED) is 0.539. The van der Waals surface area contributed by atoms with Crippen LogP contribution < -0.4 is 0 Å². The van der Waals surface area contributed by atoms with E-state index in [0.29, 0.717) is 0 Å². The summed E-state index contributed by atoms with van der Waals surface area (Å²) >= 11 is 0. The van der Waals surface area contributed by atoms with Gasteiger partial charge in [0.1, 0.15) is 6.61 Å². The van der Waals surface area contributed by atoms with E-state index in [2.05, 4.69) is 25.7 Å². The van der Waals surface area contributed by atoms with Crippen molar-refractivity contribution >= 4 is 0 Å². The van der Waals surface area contributed by atoms with Crippen LogP contribution in [0.5, 0.6) is 0 Å². The highest BCUT2D eigenvalue weighted by molar-refractivity contribution is 5.04. The topological polar surface area (TPSA) is 52.9 Å². The Kier molecular flexibility index (Phi) is 2.16. The molecule has 0 amide bonds. The molecular weight excluding hydrogens is 182 g/mol. The Hall–Kier alpha value is -0.160. The van der Waals surface area contributed by atoms with Gasteiger partial charge in [0.2, 0.25) is 5.79 Å². The first-order valence-electron chi connectivity index (χ1n) is 5.15. The predicted molar refractivity (Wildman–Crippen MR) is 51.8 cm³/mol. The third-order valence-electron chi connectivity index (χ3n) is 3.19. The lowest BCUT2D eigenvalue weighted by Gasteiger charge is -2.39. The van der Waals surface area contributed by atoms with Crippen molar-refractivity contribution in [2.45, 2.75) is 50.7 Å². The molecule has 2 rings (SSSR count). The van der Waals surface area contributed by atoms with Crippen molar-refractivity contribution in [3.05, 3.63) is 0 Å². The summed E-state index contributed by atoms with van der Waals surface area (Å²) in [6.45, 7) is 7.17. The third kappa shape index (κ3) is 1.46. The molecule has 4 nitrogen and oxygen atoms in total. The van der Waals surface area contributed by atoms with Crippen molar-refractivity contribution < 1.29 is 14.9 Å². The molecule has 0 saturated carbocycles. The normalized spacial score (nSPS) is 37.5. The standard InChI is InChI=1S/C10H19NO3/c1-9(2,3)11-5-4-7-8(11)10(12,13)6-14-7/h7-8,12-13H,4-6H2,1-3H3/t7-,8+/m1/s1. The van der Waals surface area contributed by atoms with Crippen LogP contribution in [0, 0.1) is 0 Å². The van der Waals surface area contributed by atoms with Crippen molar-refractivity contribution in [3.63, 3.8) is 0 Å². The van der Waals surface area contributed by atoms with E-state index in [1.54, 1.807) is 0 Å². The molecule has 2 fully saturated rings. The highest BCUT2D eigenvalue weighted by Crippen LogP contribution is 2.38. The van der Waals surface area contributed by atoms with Crippen molar-refractivity contribution in [1.82, 2.24) is 4.90 Å². The van der Waals surface area contributed by atoms with Crippen molar-refractivity contribution in [1.29, 1.82) is 0 Å². The molecule has 2 aliphatic rings. The zero-order valence-electron chi connectivity index (χ0n) is 9.03. The molecule has 0 aromatic rings. The maximum absolute atomic E-state index is 9.79. The Balaban J connectivity index is 2.23. The van der Waals surface area contributed by atoms with Crippen LogP contribution in [0.4, 0.5) is 0 Å². The van der Waals surface area contributed by atoms with E-state index in [9.17, 15) is 10.2 Å². The van der Waals surface area contributed by atoms with E-state index in [0.717, 1.165) is 13.0 Å². The molecule has 2 heterocycles. The third-order valence-corrected chi connectivity index (χ3v) is 3.19. The van der Waals surface area contributed by atoms with Crippen LogP contribution in [0.15, 0.2) is 0 Å². The first kappa shape index (κ1) is 10.4. The van der Waals surface area contributed by atoms with Crippen LogP contribution in [0.3, 0.4) is 0 Å². The van der Waals surface area contributed by atoms with Gasteiger partial charge in [0.15, 0.2) is 0 Å². The second kappa shape index (κ2) is 2.92. The van der Waals surface area contributed by atoms with Gasteiger partial charge < -0.3 is 14.9 Å². The monoisotopic (exact) mass is 201 g/mol. The molecule has 0 unspecified atom stereocenters. The first-order chi connectivity index (χ1) is 6.32. The fraction of sp³-hybridized carbons (Fsp3) is 1.00. The summed E-state index contributed by atoms with van der Waals surface area (Å²) < 4.78 is 5.38. The van der Waals surface area contributed by atoms with Gasteiger partial charge in [-0.25, -0.2) is 0 Å². The number of fused-ring (bicyclic) bond motifs is 1. The lowest BCUT2D eigenvalue weighted by Crippen LogP contribution is -2.56. The van der Waals surface area contributed by atoms with Crippen molar-refractivity contribution in [2.24, 2.45) is 0 Å². The number of hydrogen-bond acceptors (Lipinski definition) is 4. The summed E-state index contributed by atoms with van der Waals surface area (Å²) in [5.41, 5.74) is -0.0379. The van der Waals surface area contributed by atoms with Crippen molar-refractivity contribution in [2.75, 3.05) is 13.2 Å². The van der Waals surface area contributed by atoms with Gasteiger partial charge in [-0.1, -0.05) is 0 Å². The van der Waals surface area contributed by atoms with E-state index >= 15 is 0 Å². The van der Waals surface area contributed by atoms with E-state index in [4.69, 9.17) is 4.74 Å². The number of aliphatic hydroxyl groups is 2. The minimum atomic E-state index is -1.67. The molecule has 0 aliphatic carbocycles. The molecule has 0 radical (unpaired) electrons. The van der Waals surface area contributed by atoms with Crippen molar-refractivity contribution in [3.8, 4) is 0 Å². The van der Waals surface area contributed by atoms with E-state index in [1.165, 1.54) is 0 Å². The average Bonchev–Trinajstić information content (AvgIpc) is 2.51. The van der Waals surface area contributed by atoms with E-state index < -0.39 is 5.79 Å². The Morgan fingerprint density at radius 1 is 1.36 bits per heavy atom. The molecule has 0 aromatic carbocycles. The molecule has 0 spiro atoms.